The minimum atomic E-state index is -0.255. The number of nitrogens with zero attached hydrogens (tertiary/aromatic N) is 3. The molecule has 0 radical (unpaired) electrons. The number of nitrogens with one attached hydrogen (secondary N) is 1. The summed E-state index contributed by atoms with van der Waals surface area (Å²) in [6.45, 7) is 3.59. The van der Waals surface area contributed by atoms with Gasteiger partial charge in [0.15, 0.2) is 0 Å². The molecule has 0 saturated heterocycles. The lowest BCUT2D eigenvalue weighted by Gasteiger charge is -2.05. The van der Waals surface area contributed by atoms with Crippen molar-refractivity contribution in [1.82, 2.24) is 14.6 Å². The summed E-state index contributed by atoms with van der Waals surface area (Å²) < 4.78 is 3.71. The van der Waals surface area contributed by atoms with Gasteiger partial charge in [0.05, 0.1) is 17.6 Å². The van der Waals surface area contributed by atoms with Crippen LogP contribution in [0.2, 0.25) is 0 Å². The molecule has 2 aromatic heterocycles. The molecule has 0 atom stereocenters. The van der Waals surface area contributed by atoms with Crippen molar-refractivity contribution in [3.63, 3.8) is 0 Å². The molecule has 17 heavy (non-hydrogen) atoms. The lowest BCUT2D eigenvalue weighted by Crippen LogP contribution is -2.13. The fourth-order valence-electron chi connectivity index (χ4n) is 1.25. The molecule has 2 rings (SSSR count). The molecule has 1 amide bonds. The van der Waals surface area contributed by atoms with Gasteiger partial charge in [-0.2, -0.15) is 0 Å². The third-order valence-corrected chi connectivity index (χ3v) is 3.08. The summed E-state index contributed by atoms with van der Waals surface area (Å²) in [6, 6.07) is 1.72. The third-order valence-electron chi connectivity index (χ3n) is 2.25. The minimum Gasteiger partial charge on any atom is -0.397 e. The summed E-state index contributed by atoms with van der Waals surface area (Å²) >= 11 is 1.06. The second-order valence-corrected chi connectivity index (χ2v) is 4.32. The summed E-state index contributed by atoms with van der Waals surface area (Å²) in [5.41, 5.74) is 7.72. The summed E-state index contributed by atoms with van der Waals surface area (Å²) in [5.74, 6) is 0.212. The van der Waals surface area contributed by atoms with Crippen molar-refractivity contribution in [2.24, 2.45) is 0 Å². The van der Waals surface area contributed by atoms with Gasteiger partial charge in [-0.05, 0) is 37.0 Å². The Kier molecular flexibility index (Phi) is 3.01. The van der Waals surface area contributed by atoms with Gasteiger partial charge in [-0.15, -0.1) is 5.10 Å². The summed E-state index contributed by atoms with van der Waals surface area (Å²) in [4.78, 5) is 16.4. The standard InChI is InChI=1S/C10H11N5OS/c1-5-3-8(12-4-7(5)11)13-10(16)9-6(2)14-15-17-9/h3-4H,11H2,1-2H3,(H,12,13,16). The zero-order chi connectivity index (χ0) is 12.4. The zero-order valence-corrected chi connectivity index (χ0v) is 10.2. The molecule has 0 saturated carbocycles. The Morgan fingerprint density at radius 2 is 2.24 bits per heavy atom. The highest BCUT2D eigenvalue weighted by Gasteiger charge is 2.13. The van der Waals surface area contributed by atoms with E-state index in [9.17, 15) is 4.79 Å². The Labute approximate surface area is 102 Å². The maximum absolute atomic E-state index is 11.8. The van der Waals surface area contributed by atoms with Gasteiger partial charge in [-0.1, -0.05) is 4.49 Å². The minimum absolute atomic E-state index is 0.255. The number of amides is 1. The number of pyridine rings is 1. The van der Waals surface area contributed by atoms with E-state index in [0.717, 1.165) is 17.1 Å². The highest BCUT2D eigenvalue weighted by atomic mass is 32.1. The Morgan fingerprint density at radius 3 is 2.82 bits per heavy atom. The molecule has 0 spiro atoms. The number of nitrogens with two attached hydrogens (primary N) is 1. The molecule has 0 aliphatic heterocycles. The van der Waals surface area contributed by atoms with Gasteiger partial charge in [0.1, 0.15) is 10.7 Å². The molecular weight excluding hydrogens is 238 g/mol. The van der Waals surface area contributed by atoms with Gasteiger partial charge in [-0.25, -0.2) is 4.98 Å². The van der Waals surface area contributed by atoms with Crippen molar-refractivity contribution in [3.8, 4) is 0 Å². The van der Waals surface area contributed by atoms with Crippen LogP contribution in [0, 0.1) is 13.8 Å². The van der Waals surface area contributed by atoms with Crippen LogP contribution < -0.4 is 11.1 Å². The fourth-order valence-corrected chi connectivity index (χ4v) is 1.80. The van der Waals surface area contributed by atoms with Crippen molar-refractivity contribution in [2.75, 3.05) is 11.1 Å². The average molecular weight is 249 g/mol. The van der Waals surface area contributed by atoms with Crippen LogP contribution in [0.1, 0.15) is 20.9 Å². The maximum Gasteiger partial charge on any atom is 0.270 e. The predicted octanol–water partition coefficient (Wildman–Crippen LogP) is 1.38. The van der Waals surface area contributed by atoms with E-state index in [2.05, 4.69) is 19.9 Å². The van der Waals surface area contributed by atoms with E-state index in [0.29, 0.717) is 22.1 Å². The molecule has 2 heterocycles. The quantitative estimate of drug-likeness (QED) is 0.838. The van der Waals surface area contributed by atoms with Crippen molar-refractivity contribution in [3.05, 3.63) is 28.4 Å². The van der Waals surface area contributed by atoms with Crippen LogP contribution in [0.25, 0.3) is 0 Å². The molecule has 3 N–H and O–H groups in total. The Balaban J connectivity index is 2.19. The second-order valence-electron chi connectivity index (χ2n) is 3.57. The van der Waals surface area contributed by atoms with Crippen LogP contribution in [-0.2, 0) is 0 Å². The highest BCUT2D eigenvalue weighted by molar-refractivity contribution is 7.08. The number of aryl methyl sites for hydroxylation is 2. The van der Waals surface area contributed by atoms with Crippen LogP contribution >= 0.6 is 11.5 Å². The molecule has 7 heteroatoms. The van der Waals surface area contributed by atoms with Crippen molar-refractivity contribution < 1.29 is 4.79 Å². The highest BCUT2D eigenvalue weighted by Crippen LogP contribution is 2.15. The van der Waals surface area contributed by atoms with Crippen molar-refractivity contribution in [2.45, 2.75) is 13.8 Å². The van der Waals surface area contributed by atoms with Crippen LogP contribution in [0.5, 0.6) is 0 Å². The Morgan fingerprint density at radius 1 is 1.47 bits per heavy atom. The van der Waals surface area contributed by atoms with Gasteiger partial charge < -0.3 is 11.1 Å². The molecule has 0 fully saturated rings. The number of carbonyl (C=O) groups is 1. The SMILES string of the molecule is Cc1cc(NC(=O)c2snnc2C)ncc1N. The van der Waals surface area contributed by atoms with Crippen molar-refractivity contribution >= 4 is 28.9 Å². The first-order chi connectivity index (χ1) is 8.08. The molecule has 0 aliphatic carbocycles. The Hall–Kier alpha value is -2.02. The lowest BCUT2D eigenvalue weighted by atomic mass is 10.2. The largest absolute Gasteiger partial charge is 0.397 e. The maximum atomic E-state index is 11.8. The first kappa shape index (κ1) is 11.5. The number of hydrogen-bond acceptors (Lipinski definition) is 6. The van der Waals surface area contributed by atoms with E-state index in [1.165, 1.54) is 6.20 Å². The molecule has 2 aromatic rings. The van der Waals surface area contributed by atoms with Gasteiger partial charge in [0.2, 0.25) is 0 Å². The van der Waals surface area contributed by atoms with Crippen LogP contribution in [-0.4, -0.2) is 20.5 Å². The second kappa shape index (κ2) is 4.46. The summed E-state index contributed by atoms with van der Waals surface area (Å²) in [7, 11) is 0. The molecule has 0 aliphatic rings. The van der Waals surface area contributed by atoms with Gasteiger partial charge >= 0.3 is 0 Å². The van der Waals surface area contributed by atoms with E-state index in [1.54, 1.807) is 13.0 Å². The smallest absolute Gasteiger partial charge is 0.270 e. The van der Waals surface area contributed by atoms with Gasteiger partial charge in [0.25, 0.3) is 5.91 Å². The van der Waals surface area contributed by atoms with E-state index in [-0.39, 0.29) is 5.91 Å². The van der Waals surface area contributed by atoms with Crippen LogP contribution in [0.4, 0.5) is 11.5 Å². The third kappa shape index (κ3) is 2.39. The average Bonchev–Trinajstić information content (AvgIpc) is 2.70. The lowest BCUT2D eigenvalue weighted by molar-refractivity contribution is 0.102. The molecule has 0 unspecified atom stereocenters. The first-order valence-electron chi connectivity index (χ1n) is 4.90. The summed E-state index contributed by atoms with van der Waals surface area (Å²) in [6.07, 6.45) is 1.52. The van der Waals surface area contributed by atoms with E-state index in [4.69, 9.17) is 5.73 Å². The summed E-state index contributed by atoms with van der Waals surface area (Å²) in [5, 5.41) is 6.46. The Bertz CT molecular complexity index is 566. The van der Waals surface area contributed by atoms with E-state index in [1.807, 2.05) is 6.92 Å². The molecular formula is C10H11N5OS. The number of aromatic nitrogens is 3. The molecule has 0 bridgehead atoms. The molecule has 0 aromatic carbocycles. The number of anilines is 2. The van der Waals surface area contributed by atoms with Crippen LogP contribution in [0.3, 0.4) is 0 Å². The van der Waals surface area contributed by atoms with E-state index >= 15 is 0 Å². The van der Waals surface area contributed by atoms with E-state index < -0.39 is 0 Å². The van der Waals surface area contributed by atoms with Gasteiger partial charge in [0, 0.05) is 0 Å². The van der Waals surface area contributed by atoms with Crippen LogP contribution in [0.15, 0.2) is 12.3 Å². The predicted molar refractivity (Wildman–Crippen MR) is 66.0 cm³/mol. The zero-order valence-electron chi connectivity index (χ0n) is 9.39. The number of hydrogen-bond donors (Lipinski definition) is 2. The topological polar surface area (TPSA) is 93.8 Å². The number of carbonyl (C=O) groups excluding carboxylic acids is 1. The molecule has 88 valence electrons. The van der Waals surface area contributed by atoms with Crippen molar-refractivity contribution in [1.29, 1.82) is 0 Å². The monoisotopic (exact) mass is 249 g/mol. The number of nitrogen functional groups attached to an aromatic ring is 1. The van der Waals surface area contributed by atoms with Gasteiger partial charge in [-0.3, -0.25) is 4.79 Å². The normalized spacial score (nSPS) is 10.2. The number of rotatable bonds is 2. The first-order valence-corrected chi connectivity index (χ1v) is 5.67. The fraction of sp³-hybridized carbons (Fsp3) is 0.200. The molecule has 6 nitrogen and oxygen atoms in total.